The van der Waals surface area contributed by atoms with Crippen LogP contribution in [0, 0.1) is 5.41 Å². The van der Waals surface area contributed by atoms with Crippen LogP contribution in [0.25, 0.3) is 0 Å². The van der Waals surface area contributed by atoms with Crippen LogP contribution in [0.5, 0.6) is 0 Å². The molecule has 0 aromatic rings. The first-order valence-electron chi connectivity index (χ1n) is 6.85. The molecular weight excluding hydrogens is 228 g/mol. The third kappa shape index (κ3) is 7.67. The number of carbonyl (C=O) groups is 1. The van der Waals surface area contributed by atoms with Crippen molar-refractivity contribution in [3.8, 4) is 0 Å². The Morgan fingerprint density at radius 1 is 1.33 bits per heavy atom. The van der Waals surface area contributed by atoms with Gasteiger partial charge in [0.25, 0.3) is 0 Å². The molecular formula is C14H30N2O2. The summed E-state index contributed by atoms with van der Waals surface area (Å²) in [7, 11) is 1.71. The zero-order valence-corrected chi connectivity index (χ0v) is 12.8. The second-order valence-electron chi connectivity index (χ2n) is 5.83. The highest BCUT2D eigenvalue weighted by atomic mass is 16.5. The third-order valence-electron chi connectivity index (χ3n) is 3.26. The molecule has 0 spiro atoms. The third-order valence-corrected chi connectivity index (χ3v) is 3.26. The van der Waals surface area contributed by atoms with Crippen molar-refractivity contribution in [3.05, 3.63) is 0 Å². The van der Waals surface area contributed by atoms with Crippen LogP contribution in [0.4, 0.5) is 0 Å². The fraction of sp³-hybridized carbons (Fsp3) is 0.929. The second kappa shape index (κ2) is 8.48. The molecule has 18 heavy (non-hydrogen) atoms. The molecule has 0 aromatic carbocycles. The lowest BCUT2D eigenvalue weighted by Gasteiger charge is -2.27. The van der Waals surface area contributed by atoms with Gasteiger partial charge in [-0.2, -0.15) is 0 Å². The van der Waals surface area contributed by atoms with Gasteiger partial charge in [-0.15, -0.1) is 0 Å². The molecule has 0 heterocycles. The summed E-state index contributed by atoms with van der Waals surface area (Å²) >= 11 is 0. The van der Waals surface area contributed by atoms with Crippen LogP contribution in [0.2, 0.25) is 0 Å². The van der Waals surface area contributed by atoms with Crippen molar-refractivity contribution in [1.29, 1.82) is 0 Å². The summed E-state index contributed by atoms with van der Waals surface area (Å²) in [4.78, 5) is 11.8. The highest BCUT2D eigenvalue weighted by Gasteiger charge is 2.21. The molecule has 0 aliphatic rings. The molecule has 0 aromatic heterocycles. The number of amides is 1. The SMILES string of the molecule is CCC(C)NC(=O)C(C)NCC(C)(C)CCOC. The maximum atomic E-state index is 11.8. The summed E-state index contributed by atoms with van der Waals surface area (Å²) in [6.45, 7) is 11.9. The number of ether oxygens (including phenoxy) is 1. The maximum Gasteiger partial charge on any atom is 0.237 e. The van der Waals surface area contributed by atoms with Crippen LogP contribution in [0.3, 0.4) is 0 Å². The summed E-state index contributed by atoms with van der Waals surface area (Å²) < 4.78 is 5.09. The first kappa shape index (κ1) is 17.4. The second-order valence-corrected chi connectivity index (χ2v) is 5.83. The quantitative estimate of drug-likeness (QED) is 0.664. The van der Waals surface area contributed by atoms with Gasteiger partial charge in [-0.1, -0.05) is 20.8 Å². The van der Waals surface area contributed by atoms with Crippen molar-refractivity contribution in [1.82, 2.24) is 10.6 Å². The molecule has 2 atom stereocenters. The fourth-order valence-electron chi connectivity index (χ4n) is 1.46. The van der Waals surface area contributed by atoms with Gasteiger partial charge in [0.1, 0.15) is 0 Å². The van der Waals surface area contributed by atoms with Gasteiger partial charge in [0, 0.05) is 26.3 Å². The lowest BCUT2D eigenvalue weighted by Crippen LogP contribution is -2.47. The van der Waals surface area contributed by atoms with Gasteiger partial charge in [0.15, 0.2) is 0 Å². The van der Waals surface area contributed by atoms with E-state index in [1.54, 1.807) is 7.11 Å². The number of nitrogens with one attached hydrogen (secondary N) is 2. The van der Waals surface area contributed by atoms with Gasteiger partial charge in [-0.25, -0.2) is 0 Å². The number of carbonyl (C=O) groups excluding carboxylic acids is 1. The molecule has 2 N–H and O–H groups in total. The van der Waals surface area contributed by atoms with Crippen molar-refractivity contribution in [2.24, 2.45) is 5.41 Å². The van der Waals surface area contributed by atoms with Gasteiger partial charge < -0.3 is 15.4 Å². The van der Waals surface area contributed by atoms with Gasteiger partial charge in [-0.05, 0) is 32.1 Å². The predicted octanol–water partition coefficient (Wildman–Crippen LogP) is 1.94. The van der Waals surface area contributed by atoms with Crippen LogP contribution in [-0.2, 0) is 9.53 Å². The lowest BCUT2D eigenvalue weighted by molar-refractivity contribution is -0.123. The van der Waals surface area contributed by atoms with Gasteiger partial charge in [0.05, 0.1) is 6.04 Å². The molecule has 0 saturated carbocycles. The maximum absolute atomic E-state index is 11.8. The van der Waals surface area contributed by atoms with Crippen molar-refractivity contribution < 1.29 is 9.53 Å². The minimum atomic E-state index is -0.152. The first-order chi connectivity index (χ1) is 8.32. The monoisotopic (exact) mass is 258 g/mol. The minimum absolute atomic E-state index is 0.0758. The average molecular weight is 258 g/mol. The molecule has 0 saturated heterocycles. The van der Waals surface area contributed by atoms with E-state index in [0.717, 1.165) is 26.0 Å². The Morgan fingerprint density at radius 3 is 2.44 bits per heavy atom. The van der Waals surface area contributed by atoms with E-state index < -0.39 is 0 Å². The normalized spacial score (nSPS) is 15.2. The minimum Gasteiger partial charge on any atom is -0.385 e. The van der Waals surface area contributed by atoms with Crippen LogP contribution < -0.4 is 10.6 Å². The molecule has 4 heteroatoms. The van der Waals surface area contributed by atoms with Gasteiger partial charge in [-0.3, -0.25) is 4.79 Å². The van der Waals surface area contributed by atoms with Crippen LogP contribution in [0.15, 0.2) is 0 Å². The standard InChI is InChI=1S/C14H30N2O2/c1-7-11(2)16-13(17)12(3)15-10-14(4,5)8-9-18-6/h11-12,15H,7-10H2,1-6H3,(H,16,17). The molecule has 2 unspecified atom stereocenters. The Hall–Kier alpha value is -0.610. The number of methoxy groups -OCH3 is 1. The molecule has 0 fully saturated rings. The molecule has 0 aliphatic carbocycles. The van der Waals surface area contributed by atoms with Gasteiger partial charge >= 0.3 is 0 Å². The van der Waals surface area contributed by atoms with E-state index >= 15 is 0 Å². The summed E-state index contributed by atoms with van der Waals surface area (Å²) in [5.41, 5.74) is 0.140. The Labute approximate surface area is 112 Å². The Bertz CT molecular complexity index is 242. The van der Waals surface area contributed by atoms with E-state index in [9.17, 15) is 4.79 Å². The zero-order valence-electron chi connectivity index (χ0n) is 12.8. The average Bonchev–Trinajstić information content (AvgIpc) is 2.33. The number of hydrogen-bond donors (Lipinski definition) is 2. The smallest absolute Gasteiger partial charge is 0.237 e. The topological polar surface area (TPSA) is 50.4 Å². The van der Waals surface area contributed by atoms with Crippen LogP contribution in [0.1, 0.15) is 47.5 Å². The van der Waals surface area contributed by atoms with Crippen molar-refractivity contribution in [3.63, 3.8) is 0 Å². The Morgan fingerprint density at radius 2 is 1.94 bits per heavy atom. The Kier molecular flexibility index (Phi) is 8.20. The summed E-state index contributed by atoms with van der Waals surface area (Å²) in [6, 6.07) is 0.0871. The zero-order chi connectivity index (χ0) is 14.2. The summed E-state index contributed by atoms with van der Waals surface area (Å²) in [5.74, 6) is 0.0758. The fourth-order valence-corrected chi connectivity index (χ4v) is 1.46. The molecule has 0 bridgehead atoms. The first-order valence-corrected chi connectivity index (χ1v) is 6.85. The number of hydrogen-bond acceptors (Lipinski definition) is 3. The molecule has 0 aliphatic heterocycles. The van der Waals surface area contributed by atoms with Crippen molar-refractivity contribution >= 4 is 5.91 Å². The van der Waals surface area contributed by atoms with E-state index in [1.807, 2.05) is 13.8 Å². The molecule has 4 nitrogen and oxygen atoms in total. The van der Waals surface area contributed by atoms with E-state index in [2.05, 4.69) is 31.4 Å². The van der Waals surface area contributed by atoms with E-state index in [1.165, 1.54) is 0 Å². The molecule has 1 amide bonds. The number of rotatable bonds is 9. The van der Waals surface area contributed by atoms with Crippen molar-refractivity contribution in [2.45, 2.75) is 59.5 Å². The predicted molar refractivity (Wildman–Crippen MR) is 75.6 cm³/mol. The van der Waals surface area contributed by atoms with Crippen LogP contribution >= 0.6 is 0 Å². The van der Waals surface area contributed by atoms with E-state index in [0.29, 0.717) is 0 Å². The highest BCUT2D eigenvalue weighted by molar-refractivity contribution is 5.81. The lowest BCUT2D eigenvalue weighted by atomic mass is 9.89. The molecule has 0 rings (SSSR count). The Balaban J connectivity index is 4.00. The van der Waals surface area contributed by atoms with Gasteiger partial charge in [0.2, 0.25) is 5.91 Å². The van der Waals surface area contributed by atoms with Crippen LogP contribution in [-0.4, -0.2) is 38.3 Å². The molecule has 0 radical (unpaired) electrons. The van der Waals surface area contributed by atoms with Crippen molar-refractivity contribution in [2.75, 3.05) is 20.3 Å². The largest absolute Gasteiger partial charge is 0.385 e. The summed E-state index contributed by atoms with van der Waals surface area (Å²) in [5, 5.41) is 6.28. The highest BCUT2D eigenvalue weighted by Crippen LogP contribution is 2.18. The summed E-state index contributed by atoms with van der Waals surface area (Å²) in [6.07, 6.45) is 1.94. The van der Waals surface area contributed by atoms with E-state index in [-0.39, 0.29) is 23.4 Å². The molecule has 108 valence electrons. The van der Waals surface area contributed by atoms with E-state index in [4.69, 9.17) is 4.74 Å².